The van der Waals surface area contributed by atoms with E-state index in [-0.39, 0.29) is 22.9 Å². The van der Waals surface area contributed by atoms with E-state index in [0.29, 0.717) is 19.0 Å². The maximum Gasteiger partial charge on any atom is 0.251 e. The number of morpholine rings is 1. The first kappa shape index (κ1) is 22.7. The Kier molecular flexibility index (Phi) is 7.45. The summed E-state index contributed by atoms with van der Waals surface area (Å²) < 4.78 is 30.9. The monoisotopic (exact) mass is 438 g/mol. The number of hydrogen-bond acceptors (Lipinski definition) is 6. The van der Waals surface area contributed by atoms with Crippen molar-refractivity contribution in [1.82, 2.24) is 19.4 Å². The van der Waals surface area contributed by atoms with Crippen LogP contribution in [0.1, 0.15) is 16.8 Å². The van der Waals surface area contributed by atoms with E-state index in [1.165, 1.54) is 38.4 Å². The van der Waals surface area contributed by atoms with Gasteiger partial charge in [0.2, 0.25) is 15.9 Å². The molecule has 2 aliphatic heterocycles. The van der Waals surface area contributed by atoms with Crippen LogP contribution in [0.4, 0.5) is 0 Å². The van der Waals surface area contributed by atoms with Crippen molar-refractivity contribution in [3.63, 3.8) is 0 Å². The molecule has 1 N–H and O–H groups in total. The van der Waals surface area contributed by atoms with Crippen molar-refractivity contribution in [2.75, 3.05) is 66.6 Å². The third-order valence-corrected chi connectivity index (χ3v) is 7.34. The average molecular weight is 439 g/mol. The van der Waals surface area contributed by atoms with Crippen molar-refractivity contribution >= 4 is 21.8 Å². The third-order valence-electron chi connectivity index (χ3n) is 5.53. The number of carbonyl (C=O) groups excluding carboxylic acids is 2. The van der Waals surface area contributed by atoms with E-state index in [4.69, 9.17) is 4.74 Å². The molecule has 0 unspecified atom stereocenters. The quantitative estimate of drug-likeness (QED) is 0.636. The summed E-state index contributed by atoms with van der Waals surface area (Å²) in [6.45, 7) is 5.65. The Balaban J connectivity index is 1.49. The molecule has 0 radical (unpaired) electrons. The van der Waals surface area contributed by atoms with Gasteiger partial charge in [0.25, 0.3) is 5.91 Å². The fourth-order valence-electron chi connectivity index (χ4n) is 3.74. The number of likely N-dealkylation sites (tertiary alicyclic amines) is 1. The fourth-order valence-corrected chi connectivity index (χ4v) is 4.68. The van der Waals surface area contributed by atoms with E-state index in [1.54, 1.807) is 4.90 Å². The highest BCUT2D eigenvalue weighted by Gasteiger charge is 2.28. The molecule has 10 heteroatoms. The van der Waals surface area contributed by atoms with Crippen molar-refractivity contribution in [3.8, 4) is 0 Å². The first-order valence-electron chi connectivity index (χ1n) is 10.2. The largest absolute Gasteiger partial charge is 0.379 e. The Labute approximate surface area is 178 Å². The molecule has 1 atom stereocenters. The Bertz CT molecular complexity index is 868. The van der Waals surface area contributed by atoms with E-state index < -0.39 is 15.9 Å². The van der Waals surface area contributed by atoms with Gasteiger partial charge in [-0.2, -0.15) is 0 Å². The van der Waals surface area contributed by atoms with Crippen LogP contribution >= 0.6 is 0 Å². The van der Waals surface area contributed by atoms with Gasteiger partial charge in [0.1, 0.15) is 0 Å². The second-order valence-electron chi connectivity index (χ2n) is 7.91. The molecule has 9 nitrogen and oxygen atoms in total. The van der Waals surface area contributed by atoms with Crippen molar-refractivity contribution in [2.24, 2.45) is 5.92 Å². The van der Waals surface area contributed by atoms with Crippen molar-refractivity contribution < 1.29 is 22.7 Å². The SMILES string of the molecule is CN(C)S(=O)(=O)c1cccc(C(=O)NCC(=O)N2CC[C@H](CN3CCOCC3)C2)c1. The predicted molar refractivity (Wildman–Crippen MR) is 112 cm³/mol. The molecule has 166 valence electrons. The van der Waals surface area contributed by atoms with Crippen molar-refractivity contribution in [3.05, 3.63) is 29.8 Å². The molecule has 3 rings (SSSR count). The van der Waals surface area contributed by atoms with Gasteiger partial charge in [0.05, 0.1) is 24.7 Å². The van der Waals surface area contributed by atoms with Gasteiger partial charge < -0.3 is 15.0 Å². The third kappa shape index (κ3) is 5.57. The summed E-state index contributed by atoms with van der Waals surface area (Å²) in [4.78, 5) is 29.1. The van der Waals surface area contributed by atoms with Crippen molar-refractivity contribution in [2.45, 2.75) is 11.3 Å². The van der Waals surface area contributed by atoms with Crippen LogP contribution in [0.25, 0.3) is 0 Å². The summed E-state index contributed by atoms with van der Waals surface area (Å²) in [6, 6.07) is 5.81. The molecule has 0 aliphatic carbocycles. The number of amides is 2. The highest BCUT2D eigenvalue weighted by Crippen LogP contribution is 2.18. The van der Waals surface area contributed by atoms with Crippen LogP contribution in [0.15, 0.2) is 29.2 Å². The van der Waals surface area contributed by atoms with E-state index in [0.717, 1.165) is 43.6 Å². The Morgan fingerprint density at radius 3 is 2.63 bits per heavy atom. The first-order chi connectivity index (χ1) is 14.3. The highest BCUT2D eigenvalue weighted by atomic mass is 32.2. The van der Waals surface area contributed by atoms with Crippen LogP contribution in [0.3, 0.4) is 0 Å². The lowest BCUT2D eigenvalue weighted by Crippen LogP contribution is -2.41. The molecule has 0 bridgehead atoms. The van der Waals surface area contributed by atoms with Gasteiger partial charge in [-0.25, -0.2) is 12.7 Å². The summed E-state index contributed by atoms with van der Waals surface area (Å²) >= 11 is 0. The lowest BCUT2D eigenvalue weighted by atomic mass is 10.1. The maximum absolute atomic E-state index is 12.5. The summed E-state index contributed by atoms with van der Waals surface area (Å²) in [5.41, 5.74) is 0.206. The van der Waals surface area contributed by atoms with Gasteiger partial charge in [-0.15, -0.1) is 0 Å². The summed E-state index contributed by atoms with van der Waals surface area (Å²) in [6.07, 6.45) is 0.960. The van der Waals surface area contributed by atoms with Gasteiger partial charge in [-0.1, -0.05) is 6.07 Å². The molecule has 2 saturated heterocycles. The molecule has 2 aliphatic rings. The molecular formula is C20H30N4O5S. The smallest absolute Gasteiger partial charge is 0.251 e. The van der Waals surface area contributed by atoms with E-state index in [9.17, 15) is 18.0 Å². The maximum atomic E-state index is 12.5. The second-order valence-corrected chi connectivity index (χ2v) is 10.1. The highest BCUT2D eigenvalue weighted by molar-refractivity contribution is 7.89. The lowest BCUT2D eigenvalue weighted by molar-refractivity contribution is -0.129. The zero-order chi connectivity index (χ0) is 21.7. The standard InChI is InChI=1S/C20H30N4O5S/c1-22(2)30(27,28)18-5-3-4-17(12-18)20(26)21-13-19(25)24-7-6-16(15-24)14-23-8-10-29-11-9-23/h3-5,12,16H,6-11,13-15H2,1-2H3,(H,21,26)/t16-/m1/s1. The van der Waals surface area contributed by atoms with Gasteiger partial charge in [-0.3, -0.25) is 14.5 Å². The number of ether oxygens (including phenoxy) is 1. The van der Waals surface area contributed by atoms with Crippen molar-refractivity contribution in [1.29, 1.82) is 0 Å². The summed E-state index contributed by atoms with van der Waals surface area (Å²) in [5.74, 6) is -0.149. The fraction of sp³-hybridized carbons (Fsp3) is 0.600. The normalized spacial score (nSPS) is 20.5. The second kappa shape index (κ2) is 9.86. The number of nitrogens with zero attached hydrogens (tertiary/aromatic N) is 3. The summed E-state index contributed by atoms with van der Waals surface area (Å²) in [5, 5.41) is 2.61. The van der Waals surface area contributed by atoms with Crippen LogP contribution in [0.5, 0.6) is 0 Å². The Morgan fingerprint density at radius 1 is 1.20 bits per heavy atom. The number of nitrogens with one attached hydrogen (secondary N) is 1. The van der Waals surface area contributed by atoms with E-state index in [1.807, 2.05) is 0 Å². The zero-order valence-electron chi connectivity index (χ0n) is 17.5. The molecule has 2 heterocycles. The number of benzene rings is 1. The first-order valence-corrected chi connectivity index (χ1v) is 11.6. The molecule has 0 saturated carbocycles. The van der Waals surface area contributed by atoms with Gasteiger partial charge in [-0.05, 0) is 30.5 Å². The number of hydrogen-bond donors (Lipinski definition) is 1. The lowest BCUT2D eigenvalue weighted by Gasteiger charge is -2.29. The topological polar surface area (TPSA) is 99.3 Å². The van der Waals surface area contributed by atoms with Gasteiger partial charge in [0.15, 0.2) is 0 Å². The van der Waals surface area contributed by atoms with Gasteiger partial charge in [0, 0.05) is 52.4 Å². The Hall–Kier alpha value is -2.01. The van der Waals surface area contributed by atoms with E-state index >= 15 is 0 Å². The molecule has 1 aromatic carbocycles. The number of rotatable bonds is 7. The minimum Gasteiger partial charge on any atom is -0.379 e. The average Bonchev–Trinajstić information content (AvgIpc) is 3.21. The minimum absolute atomic E-state index is 0.0389. The Morgan fingerprint density at radius 2 is 1.93 bits per heavy atom. The molecular weight excluding hydrogens is 408 g/mol. The predicted octanol–water partition coefficient (Wildman–Crippen LogP) is -0.153. The van der Waals surface area contributed by atoms with Crippen LogP contribution in [0.2, 0.25) is 0 Å². The number of sulfonamides is 1. The van der Waals surface area contributed by atoms with Crippen LogP contribution in [0, 0.1) is 5.92 Å². The molecule has 2 amide bonds. The molecule has 0 aromatic heterocycles. The van der Waals surface area contributed by atoms with Gasteiger partial charge >= 0.3 is 0 Å². The molecule has 30 heavy (non-hydrogen) atoms. The van der Waals surface area contributed by atoms with Crippen LogP contribution in [-0.2, 0) is 19.6 Å². The molecule has 1 aromatic rings. The zero-order valence-corrected chi connectivity index (χ0v) is 18.4. The molecule has 0 spiro atoms. The van der Waals surface area contributed by atoms with Crippen LogP contribution in [-0.4, -0.2) is 101 Å². The van der Waals surface area contributed by atoms with Crippen LogP contribution < -0.4 is 5.32 Å². The molecule has 2 fully saturated rings. The number of carbonyl (C=O) groups is 2. The summed E-state index contributed by atoms with van der Waals surface area (Å²) in [7, 11) is -0.762. The minimum atomic E-state index is -3.63. The van der Waals surface area contributed by atoms with E-state index in [2.05, 4.69) is 10.2 Å².